The highest BCUT2D eigenvalue weighted by molar-refractivity contribution is 5.76. The summed E-state index contributed by atoms with van der Waals surface area (Å²) in [5.74, 6) is -3.34. The Morgan fingerprint density at radius 1 is 1.15 bits per heavy atom. The summed E-state index contributed by atoms with van der Waals surface area (Å²) in [6.07, 6.45) is 0.0240. The van der Waals surface area contributed by atoms with Gasteiger partial charge in [0.1, 0.15) is 5.82 Å². The number of amides is 1. The third-order valence-corrected chi connectivity index (χ3v) is 3.12. The average Bonchev–Trinajstić information content (AvgIpc) is 2.37. The van der Waals surface area contributed by atoms with Crippen LogP contribution in [0.5, 0.6) is 0 Å². The molecule has 0 spiro atoms. The molecule has 0 heterocycles. The first-order valence-corrected chi connectivity index (χ1v) is 6.55. The van der Waals surface area contributed by atoms with E-state index in [0.29, 0.717) is 19.2 Å². The van der Waals surface area contributed by atoms with E-state index in [0.717, 1.165) is 6.07 Å². The second-order valence-electron chi connectivity index (χ2n) is 4.59. The van der Waals surface area contributed by atoms with Crippen molar-refractivity contribution in [3.63, 3.8) is 0 Å². The average molecular weight is 288 g/mol. The Labute approximate surface area is 116 Å². The molecule has 0 fully saturated rings. The number of carbonyl (C=O) groups is 1. The molecule has 1 rings (SSSR count). The SMILES string of the molecule is CCN(CC)C(=O)C[C@H](N)Cc1cc(F)c(F)cc1F. The lowest BCUT2D eigenvalue weighted by Gasteiger charge is -2.21. The molecular weight excluding hydrogens is 269 g/mol. The number of benzene rings is 1. The fraction of sp³-hybridized carbons (Fsp3) is 0.500. The monoisotopic (exact) mass is 288 g/mol. The summed E-state index contributed by atoms with van der Waals surface area (Å²) in [5.41, 5.74) is 5.76. The zero-order valence-corrected chi connectivity index (χ0v) is 11.6. The molecular formula is C14H19F3N2O. The fourth-order valence-corrected chi connectivity index (χ4v) is 2.00. The van der Waals surface area contributed by atoms with Gasteiger partial charge in [0.05, 0.1) is 0 Å². The summed E-state index contributed by atoms with van der Waals surface area (Å²) in [5, 5.41) is 0. The van der Waals surface area contributed by atoms with Crippen LogP contribution < -0.4 is 5.73 Å². The maximum absolute atomic E-state index is 13.5. The van der Waals surface area contributed by atoms with E-state index in [-0.39, 0.29) is 24.3 Å². The van der Waals surface area contributed by atoms with Crippen molar-refractivity contribution in [2.75, 3.05) is 13.1 Å². The first-order valence-electron chi connectivity index (χ1n) is 6.55. The molecule has 0 aliphatic rings. The number of rotatable bonds is 6. The van der Waals surface area contributed by atoms with Crippen molar-refractivity contribution >= 4 is 5.91 Å². The van der Waals surface area contributed by atoms with E-state index in [2.05, 4.69) is 0 Å². The van der Waals surface area contributed by atoms with Crippen LogP contribution in [0.4, 0.5) is 13.2 Å². The third kappa shape index (κ3) is 4.23. The van der Waals surface area contributed by atoms with Gasteiger partial charge in [-0.15, -0.1) is 0 Å². The molecule has 1 aromatic carbocycles. The fourth-order valence-electron chi connectivity index (χ4n) is 2.00. The van der Waals surface area contributed by atoms with Crippen LogP contribution >= 0.6 is 0 Å². The molecule has 0 aliphatic heterocycles. The molecule has 20 heavy (non-hydrogen) atoms. The molecule has 1 amide bonds. The molecule has 0 aromatic heterocycles. The molecule has 1 atom stereocenters. The Bertz CT molecular complexity index is 476. The predicted molar refractivity (Wildman–Crippen MR) is 70.5 cm³/mol. The molecule has 0 saturated carbocycles. The molecule has 6 heteroatoms. The van der Waals surface area contributed by atoms with E-state index < -0.39 is 23.5 Å². The van der Waals surface area contributed by atoms with Crippen LogP contribution in [0.25, 0.3) is 0 Å². The third-order valence-electron chi connectivity index (χ3n) is 3.12. The molecule has 2 N–H and O–H groups in total. The predicted octanol–water partition coefficient (Wildman–Crippen LogP) is 2.23. The van der Waals surface area contributed by atoms with Crippen molar-refractivity contribution in [2.24, 2.45) is 5.73 Å². The maximum Gasteiger partial charge on any atom is 0.224 e. The molecule has 0 bridgehead atoms. The number of hydrogen-bond donors (Lipinski definition) is 1. The van der Waals surface area contributed by atoms with Gasteiger partial charge in [0.2, 0.25) is 5.91 Å². The number of hydrogen-bond acceptors (Lipinski definition) is 2. The molecule has 3 nitrogen and oxygen atoms in total. The van der Waals surface area contributed by atoms with Gasteiger partial charge in [0.15, 0.2) is 11.6 Å². The van der Waals surface area contributed by atoms with E-state index in [1.807, 2.05) is 13.8 Å². The number of nitrogens with zero attached hydrogens (tertiary/aromatic N) is 1. The minimum Gasteiger partial charge on any atom is -0.343 e. The normalized spacial score (nSPS) is 12.3. The molecule has 0 aliphatic carbocycles. The minimum atomic E-state index is -1.24. The Kier molecular flexibility index (Phi) is 6.01. The number of nitrogens with two attached hydrogens (primary N) is 1. The summed E-state index contributed by atoms with van der Waals surface area (Å²) in [6, 6.07) is 0.637. The first-order chi connectivity index (χ1) is 9.38. The van der Waals surface area contributed by atoms with Crippen LogP contribution in [0.1, 0.15) is 25.8 Å². The van der Waals surface area contributed by atoms with Crippen LogP contribution in [-0.4, -0.2) is 29.9 Å². The number of carbonyl (C=O) groups excluding carboxylic acids is 1. The van der Waals surface area contributed by atoms with E-state index in [9.17, 15) is 18.0 Å². The van der Waals surface area contributed by atoms with E-state index >= 15 is 0 Å². The van der Waals surface area contributed by atoms with Crippen LogP contribution in [0.3, 0.4) is 0 Å². The summed E-state index contributed by atoms with van der Waals surface area (Å²) >= 11 is 0. The topological polar surface area (TPSA) is 46.3 Å². The van der Waals surface area contributed by atoms with E-state index in [1.165, 1.54) is 0 Å². The Morgan fingerprint density at radius 2 is 1.70 bits per heavy atom. The second kappa shape index (κ2) is 7.28. The molecule has 112 valence electrons. The van der Waals surface area contributed by atoms with Crippen molar-refractivity contribution in [1.82, 2.24) is 4.90 Å². The van der Waals surface area contributed by atoms with Crippen molar-refractivity contribution in [2.45, 2.75) is 32.7 Å². The first kappa shape index (κ1) is 16.5. The highest BCUT2D eigenvalue weighted by atomic mass is 19.2. The van der Waals surface area contributed by atoms with Crippen LogP contribution in [0.2, 0.25) is 0 Å². The number of halogens is 3. The van der Waals surface area contributed by atoms with Crippen LogP contribution in [-0.2, 0) is 11.2 Å². The molecule has 0 saturated heterocycles. The van der Waals surface area contributed by atoms with E-state index in [1.54, 1.807) is 4.90 Å². The van der Waals surface area contributed by atoms with Gasteiger partial charge in [-0.1, -0.05) is 0 Å². The lowest BCUT2D eigenvalue weighted by Crippen LogP contribution is -2.36. The molecule has 0 radical (unpaired) electrons. The summed E-state index contributed by atoms with van der Waals surface area (Å²) in [7, 11) is 0. The smallest absolute Gasteiger partial charge is 0.224 e. The standard InChI is InChI=1S/C14H19F3N2O/c1-3-19(4-2)14(20)7-10(18)5-9-6-12(16)13(17)8-11(9)15/h6,8,10H,3-5,7,18H2,1-2H3/t10-/m1/s1. The van der Waals surface area contributed by atoms with Crippen LogP contribution in [0, 0.1) is 17.5 Å². The highest BCUT2D eigenvalue weighted by Gasteiger charge is 2.17. The zero-order valence-electron chi connectivity index (χ0n) is 11.6. The second-order valence-corrected chi connectivity index (χ2v) is 4.59. The van der Waals surface area contributed by atoms with Gasteiger partial charge in [-0.25, -0.2) is 13.2 Å². The van der Waals surface area contributed by atoms with Crippen molar-refractivity contribution in [3.8, 4) is 0 Å². The van der Waals surface area contributed by atoms with Gasteiger partial charge in [-0.2, -0.15) is 0 Å². The Balaban J connectivity index is 2.69. The maximum atomic E-state index is 13.5. The van der Waals surface area contributed by atoms with Crippen LogP contribution in [0.15, 0.2) is 12.1 Å². The van der Waals surface area contributed by atoms with E-state index in [4.69, 9.17) is 5.73 Å². The zero-order chi connectivity index (χ0) is 15.3. The van der Waals surface area contributed by atoms with Crippen molar-refractivity contribution in [3.05, 3.63) is 35.1 Å². The van der Waals surface area contributed by atoms with Crippen molar-refractivity contribution < 1.29 is 18.0 Å². The Morgan fingerprint density at radius 3 is 2.25 bits per heavy atom. The molecule has 1 aromatic rings. The summed E-state index contributed by atoms with van der Waals surface area (Å²) in [6.45, 7) is 4.84. The van der Waals surface area contributed by atoms with Crippen molar-refractivity contribution in [1.29, 1.82) is 0 Å². The molecule has 0 unspecified atom stereocenters. The highest BCUT2D eigenvalue weighted by Crippen LogP contribution is 2.16. The summed E-state index contributed by atoms with van der Waals surface area (Å²) in [4.78, 5) is 13.4. The summed E-state index contributed by atoms with van der Waals surface area (Å²) < 4.78 is 39.3. The van der Waals surface area contributed by atoms with Gasteiger partial charge in [-0.3, -0.25) is 4.79 Å². The van der Waals surface area contributed by atoms with Gasteiger partial charge < -0.3 is 10.6 Å². The van der Waals surface area contributed by atoms with Gasteiger partial charge in [-0.05, 0) is 31.9 Å². The largest absolute Gasteiger partial charge is 0.343 e. The lowest BCUT2D eigenvalue weighted by molar-refractivity contribution is -0.131. The van der Waals surface area contributed by atoms with Gasteiger partial charge >= 0.3 is 0 Å². The van der Waals surface area contributed by atoms with Gasteiger partial charge in [0.25, 0.3) is 0 Å². The van der Waals surface area contributed by atoms with Gasteiger partial charge in [0, 0.05) is 31.6 Å². The lowest BCUT2D eigenvalue weighted by atomic mass is 10.0. The minimum absolute atomic E-state index is 0.0178. The quantitative estimate of drug-likeness (QED) is 0.816. The Hall–Kier alpha value is -1.56.